The van der Waals surface area contributed by atoms with Crippen LogP contribution < -0.4 is 10.9 Å². The molecule has 11 heteroatoms. The lowest BCUT2D eigenvalue weighted by molar-refractivity contribution is -0.116. The van der Waals surface area contributed by atoms with Gasteiger partial charge in [0.15, 0.2) is 0 Å². The van der Waals surface area contributed by atoms with E-state index in [1.807, 2.05) is 26.8 Å². The maximum absolute atomic E-state index is 13.4. The van der Waals surface area contributed by atoms with Gasteiger partial charge >= 0.3 is 0 Å². The monoisotopic (exact) mass is 475 g/mol. The van der Waals surface area contributed by atoms with Crippen molar-refractivity contribution in [3.8, 4) is 11.4 Å². The highest BCUT2D eigenvalue weighted by Gasteiger charge is 2.36. The van der Waals surface area contributed by atoms with Crippen LogP contribution in [0.15, 0.2) is 47.5 Å². The van der Waals surface area contributed by atoms with Crippen molar-refractivity contribution in [2.24, 2.45) is 0 Å². The van der Waals surface area contributed by atoms with Gasteiger partial charge in [-0.15, -0.1) is 0 Å². The normalized spacial score (nSPS) is 13.1. The summed E-state index contributed by atoms with van der Waals surface area (Å²) in [6.45, 7) is 5.44. The van der Waals surface area contributed by atoms with Crippen LogP contribution in [0.4, 0.5) is 10.2 Å². The van der Waals surface area contributed by atoms with Crippen molar-refractivity contribution >= 4 is 23.3 Å². The minimum Gasteiger partial charge on any atom is -0.330 e. The van der Waals surface area contributed by atoms with Crippen molar-refractivity contribution in [3.05, 3.63) is 75.7 Å². The third kappa shape index (κ3) is 3.84. The van der Waals surface area contributed by atoms with Gasteiger partial charge < -0.3 is 14.8 Å². The summed E-state index contributed by atoms with van der Waals surface area (Å²) in [5.74, 6) is -1.19. The fourth-order valence-electron chi connectivity index (χ4n) is 4.21. The van der Waals surface area contributed by atoms with Crippen LogP contribution in [0.2, 0.25) is 0 Å². The van der Waals surface area contributed by atoms with E-state index < -0.39 is 17.3 Å². The molecular formula is C24H22FN7O3. The highest BCUT2D eigenvalue weighted by atomic mass is 19.1. The van der Waals surface area contributed by atoms with Gasteiger partial charge in [-0.3, -0.25) is 19.4 Å². The van der Waals surface area contributed by atoms with Crippen LogP contribution in [0.1, 0.15) is 35.5 Å². The minimum absolute atomic E-state index is 0.125. The van der Waals surface area contributed by atoms with Crippen molar-refractivity contribution in [1.29, 1.82) is 0 Å². The van der Waals surface area contributed by atoms with Crippen LogP contribution >= 0.6 is 0 Å². The summed E-state index contributed by atoms with van der Waals surface area (Å²) in [5.41, 5.74) is 2.21. The molecule has 0 fully saturated rings. The molecule has 0 bridgehead atoms. The number of anilines is 1. The third-order valence-corrected chi connectivity index (χ3v) is 5.94. The highest BCUT2D eigenvalue weighted by Crippen LogP contribution is 2.26. The summed E-state index contributed by atoms with van der Waals surface area (Å²) >= 11 is 0. The number of pyridine rings is 2. The average Bonchev–Trinajstić information content (AvgIpc) is 3.41. The molecule has 35 heavy (non-hydrogen) atoms. The molecule has 1 aliphatic heterocycles. The van der Waals surface area contributed by atoms with E-state index >= 15 is 0 Å². The summed E-state index contributed by atoms with van der Waals surface area (Å²) in [4.78, 5) is 49.4. The zero-order chi connectivity index (χ0) is 24.9. The lowest BCUT2D eigenvalue weighted by Gasteiger charge is -2.20. The van der Waals surface area contributed by atoms with Crippen molar-refractivity contribution in [2.75, 3.05) is 5.32 Å². The van der Waals surface area contributed by atoms with Crippen LogP contribution in [-0.4, -0.2) is 46.9 Å². The van der Waals surface area contributed by atoms with Crippen LogP contribution in [0.5, 0.6) is 0 Å². The lowest BCUT2D eigenvalue weighted by Crippen LogP contribution is -2.32. The van der Waals surface area contributed by atoms with Gasteiger partial charge in [0, 0.05) is 18.3 Å². The summed E-state index contributed by atoms with van der Waals surface area (Å²) in [7, 11) is 0. The largest absolute Gasteiger partial charge is 0.330 e. The molecule has 0 atom stereocenters. The molecule has 0 spiro atoms. The molecule has 4 aromatic heterocycles. The number of aromatic nitrogens is 5. The molecule has 5 heterocycles. The maximum atomic E-state index is 13.4. The maximum Gasteiger partial charge on any atom is 0.280 e. The number of rotatable bonds is 5. The average molecular weight is 475 g/mol. The third-order valence-electron chi connectivity index (χ3n) is 5.94. The van der Waals surface area contributed by atoms with Gasteiger partial charge in [0.05, 0.1) is 24.0 Å². The number of hydrogen-bond acceptors (Lipinski definition) is 6. The Labute approximate surface area is 199 Å². The van der Waals surface area contributed by atoms with E-state index in [1.54, 1.807) is 23.2 Å². The molecule has 0 saturated heterocycles. The summed E-state index contributed by atoms with van der Waals surface area (Å²) < 4.78 is 15.9. The Balaban J connectivity index is 1.65. The summed E-state index contributed by atoms with van der Waals surface area (Å²) in [6.07, 6.45) is 2.62. The first kappa shape index (κ1) is 22.4. The van der Waals surface area contributed by atoms with Crippen molar-refractivity contribution < 1.29 is 14.0 Å². The molecule has 5 rings (SSSR count). The van der Waals surface area contributed by atoms with E-state index in [2.05, 4.69) is 20.4 Å². The Bertz CT molecular complexity index is 1540. The van der Waals surface area contributed by atoms with E-state index in [1.165, 1.54) is 21.2 Å². The molecule has 10 nitrogen and oxygen atoms in total. The Kier molecular flexibility index (Phi) is 5.39. The number of nitrogens with zero attached hydrogens (tertiary/aromatic N) is 6. The van der Waals surface area contributed by atoms with E-state index in [0.29, 0.717) is 11.4 Å². The fourth-order valence-corrected chi connectivity index (χ4v) is 4.21. The van der Waals surface area contributed by atoms with Gasteiger partial charge in [-0.05, 0) is 44.5 Å². The number of hydrogen-bond donors (Lipinski definition) is 1. The summed E-state index contributed by atoms with van der Waals surface area (Å²) in [5, 5.41) is 7.08. The predicted octanol–water partition coefficient (Wildman–Crippen LogP) is 2.40. The van der Waals surface area contributed by atoms with Gasteiger partial charge in [-0.1, -0.05) is 6.07 Å². The number of fused-ring (bicyclic) bond motifs is 2. The van der Waals surface area contributed by atoms with Crippen molar-refractivity contribution in [1.82, 2.24) is 29.0 Å². The minimum atomic E-state index is -0.529. The van der Waals surface area contributed by atoms with E-state index in [0.717, 1.165) is 11.8 Å². The van der Waals surface area contributed by atoms with Crippen LogP contribution in [0, 0.1) is 12.7 Å². The lowest BCUT2D eigenvalue weighted by atomic mass is 10.2. The first-order chi connectivity index (χ1) is 16.7. The van der Waals surface area contributed by atoms with Crippen LogP contribution in [-0.2, 0) is 17.9 Å². The smallest absolute Gasteiger partial charge is 0.280 e. The van der Waals surface area contributed by atoms with Gasteiger partial charge in [-0.2, -0.15) is 9.61 Å². The number of nitrogens with one attached hydrogen (secondary N) is 1. The molecule has 0 aromatic carbocycles. The molecular weight excluding hydrogens is 453 g/mol. The van der Waals surface area contributed by atoms with E-state index in [-0.39, 0.29) is 47.8 Å². The van der Waals surface area contributed by atoms with Crippen LogP contribution in [0.25, 0.3) is 17.0 Å². The predicted molar refractivity (Wildman–Crippen MR) is 125 cm³/mol. The molecule has 2 amide bonds. The zero-order valence-corrected chi connectivity index (χ0v) is 19.3. The second-order valence-electron chi connectivity index (χ2n) is 8.62. The first-order valence-corrected chi connectivity index (χ1v) is 11.0. The van der Waals surface area contributed by atoms with Gasteiger partial charge in [-0.25, -0.2) is 9.37 Å². The fraction of sp³-hybridized carbons (Fsp3) is 0.250. The number of halogens is 1. The first-order valence-electron chi connectivity index (χ1n) is 11.0. The van der Waals surface area contributed by atoms with E-state index in [9.17, 15) is 18.8 Å². The van der Waals surface area contributed by atoms with Gasteiger partial charge in [0.1, 0.15) is 35.2 Å². The molecule has 0 saturated carbocycles. The van der Waals surface area contributed by atoms with E-state index in [4.69, 9.17) is 0 Å². The Morgan fingerprint density at radius 3 is 2.69 bits per heavy atom. The zero-order valence-electron chi connectivity index (χ0n) is 19.3. The Morgan fingerprint density at radius 2 is 2.00 bits per heavy atom. The standard InChI is InChI=1S/C24H22FN7O3/c1-13(2)30-11-16-22(24(30)35)31(12-19(33)28-18-7-6-15(25)10-27-18)20-9-17(29-32(20)23(16)34)21-14(3)5-4-8-26-21/h4-10,13H,11-12H2,1-3H3,(H,27,28,33). The molecule has 0 radical (unpaired) electrons. The number of carbonyl (C=O) groups excluding carboxylic acids is 2. The molecule has 1 aliphatic rings. The molecule has 4 aromatic rings. The highest BCUT2D eigenvalue weighted by molar-refractivity contribution is 5.98. The van der Waals surface area contributed by atoms with Crippen molar-refractivity contribution in [2.45, 2.75) is 39.9 Å². The Hall–Kier alpha value is -4.41. The number of aryl methyl sites for hydroxylation is 1. The SMILES string of the molecule is Cc1cccnc1-c1cc2n(CC(=O)Nc3ccc(F)cn3)c3c(c(=O)n2n1)CN(C(C)C)C3=O. The van der Waals surface area contributed by atoms with Gasteiger partial charge in [0.2, 0.25) is 5.91 Å². The number of amides is 2. The Morgan fingerprint density at radius 1 is 1.20 bits per heavy atom. The molecule has 0 unspecified atom stereocenters. The van der Waals surface area contributed by atoms with Crippen molar-refractivity contribution in [3.63, 3.8) is 0 Å². The second kappa shape index (κ2) is 8.42. The van der Waals surface area contributed by atoms with Crippen LogP contribution in [0.3, 0.4) is 0 Å². The molecule has 178 valence electrons. The molecule has 1 N–H and O–H groups in total. The summed E-state index contributed by atoms with van der Waals surface area (Å²) in [6, 6.07) is 7.71. The second-order valence-corrected chi connectivity index (χ2v) is 8.62. The number of carbonyl (C=O) groups is 2. The molecule has 0 aliphatic carbocycles. The van der Waals surface area contributed by atoms with Gasteiger partial charge in [0.25, 0.3) is 11.5 Å². The topological polar surface area (TPSA) is 114 Å². The quantitative estimate of drug-likeness (QED) is 0.474.